The first-order valence-electron chi connectivity index (χ1n) is 10.2. The van der Waals surface area contributed by atoms with E-state index in [1.165, 1.54) is 25.1 Å². The molecular formula is C21H22F3N3O5S. The monoisotopic (exact) mass is 485 g/mol. The average Bonchev–Trinajstić information content (AvgIpc) is 3.40. The molecule has 12 heteroatoms. The molecule has 1 aromatic heterocycles. The molecule has 0 bridgehead atoms. The molecule has 2 aromatic rings. The number of pyridine rings is 1. The van der Waals surface area contributed by atoms with E-state index in [1.807, 2.05) is 4.72 Å². The number of β-amino-alcohol motifs (C(OH)–C–C–N with tert-alkyl or cyclic N) is 1. The molecule has 2 N–H and O–H groups in total. The van der Waals surface area contributed by atoms with Crippen molar-refractivity contribution in [2.75, 3.05) is 18.0 Å². The van der Waals surface area contributed by atoms with Gasteiger partial charge in [0.1, 0.15) is 11.6 Å². The highest BCUT2D eigenvalue weighted by atomic mass is 32.2. The van der Waals surface area contributed by atoms with Crippen LogP contribution in [-0.4, -0.2) is 49.2 Å². The highest BCUT2D eigenvalue weighted by Crippen LogP contribution is 2.43. The SMILES string of the molecule is Cc1ccc(C(F)(F)F)cc1OC1(C(=O)NS(=O)(=O)c2cccc(N3CC[C@H](O)C3)n2)CC1. The lowest BCUT2D eigenvalue weighted by atomic mass is 10.1. The normalized spacial score (nSPS) is 19.9. The number of ether oxygens (including phenoxy) is 1. The molecule has 2 heterocycles. The van der Waals surface area contributed by atoms with Crippen LogP contribution in [0.2, 0.25) is 0 Å². The summed E-state index contributed by atoms with van der Waals surface area (Å²) in [4.78, 5) is 18.6. The number of aliphatic hydroxyl groups is 1. The molecule has 1 aromatic carbocycles. The van der Waals surface area contributed by atoms with Crippen LogP contribution in [-0.2, 0) is 21.0 Å². The Hall–Kier alpha value is -2.86. The van der Waals surface area contributed by atoms with E-state index in [-0.39, 0.29) is 23.6 Å². The van der Waals surface area contributed by atoms with Gasteiger partial charge < -0.3 is 14.7 Å². The Bertz CT molecular complexity index is 1180. The maximum atomic E-state index is 13.0. The molecule has 0 unspecified atom stereocenters. The van der Waals surface area contributed by atoms with Crippen LogP contribution in [0.3, 0.4) is 0 Å². The fourth-order valence-corrected chi connectivity index (χ4v) is 4.54. The predicted molar refractivity (Wildman–Crippen MR) is 111 cm³/mol. The second-order valence-electron chi connectivity index (χ2n) is 8.23. The van der Waals surface area contributed by atoms with Crippen molar-refractivity contribution >= 4 is 21.7 Å². The number of benzene rings is 1. The standard InChI is InChI=1S/C21H22F3N3O5S/c1-13-5-6-14(21(22,23)24)11-16(13)32-20(8-9-20)19(29)26-33(30,31)18-4-2-3-17(25-18)27-10-7-15(28)12-27/h2-6,11,15,28H,7-10,12H2,1H3,(H,26,29)/t15-/m0/s1. The van der Waals surface area contributed by atoms with Crippen LogP contribution in [0.15, 0.2) is 41.4 Å². The van der Waals surface area contributed by atoms with Crippen molar-refractivity contribution in [2.45, 2.75) is 49.1 Å². The van der Waals surface area contributed by atoms with E-state index < -0.39 is 39.4 Å². The summed E-state index contributed by atoms with van der Waals surface area (Å²) in [5.41, 5.74) is -2.12. The summed E-state index contributed by atoms with van der Waals surface area (Å²) >= 11 is 0. The second-order valence-corrected chi connectivity index (χ2v) is 9.86. The number of hydrogen-bond acceptors (Lipinski definition) is 7. The minimum Gasteiger partial charge on any atom is -0.477 e. The Morgan fingerprint density at radius 1 is 1.27 bits per heavy atom. The quantitative estimate of drug-likeness (QED) is 0.647. The van der Waals surface area contributed by atoms with Gasteiger partial charge in [-0.05, 0) is 43.2 Å². The zero-order valence-electron chi connectivity index (χ0n) is 17.6. The van der Waals surface area contributed by atoms with Gasteiger partial charge >= 0.3 is 6.18 Å². The topological polar surface area (TPSA) is 109 Å². The van der Waals surface area contributed by atoms with Gasteiger partial charge in [-0.2, -0.15) is 21.6 Å². The third-order valence-corrected chi connectivity index (χ3v) is 6.87. The number of rotatable bonds is 6. The molecule has 1 aliphatic carbocycles. The van der Waals surface area contributed by atoms with E-state index >= 15 is 0 Å². The van der Waals surface area contributed by atoms with Crippen molar-refractivity contribution in [1.29, 1.82) is 0 Å². The van der Waals surface area contributed by atoms with Crippen LogP contribution < -0.4 is 14.4 Å². The van der Waals surface area contributed by atoms with Gasteiger partial charge in [0, 0.05) is 25.9 Å². The Balaban J connectivity index is 1.51. The maximum absolute atomic E-state index is 13.0. The molecule has 4 rings (SSSR count). The third kappa shape index (κ3) is 4.91. The summed E-state index contributed by atoms with van der Waals surface area (Å²) in [5, 5.41) is 9.30. The third-order valence-electron chi connectivity index (χ3n) is 5.64. The number of alkyl halides is 3. The lowest BCUT2D eigenvalue weighted by Crippen LogP contribution is -2.43. The van der Waals surface area contributed by atoms with Gasteiger partial charge in [0.05, 0.1) is 11.7 Å². The number of aryl methyl sites for hydroxylation is 1. The Morgan fingerprint density at radius 3 is 2.61 bits per heavy atom. The van der Waals surface area contributed by atoms with Crippen LogP contribution in [0.25, 0.3) is 0 Å². The number of carbonyl (C=O) groups excluding carboxylic acids is 1. The molecule has 0 radical (unpaired) electrons. The molecule has 1 atom stereocenters. The van der Waals surface area contributed by atoms with Gasteiger partial charge in [0.25, 0.3) is 15.9 Å². The fraction of sp³-hybridized carbons (Fsp3) is 0.429. The summed E-state index contributed by atoms with van der Waals surface area (Å²) in [6.45, 7) is 2.36. The number of halogens is 3. The van der Waals surface area contributed by atoms with Crippen LogP contribution in [0.1, 0.15) is 30.4 Å². The first kappa shape index (κ1) is 23.3. The van der Waals surface area contributed by atoms with E-state index in [1.54, 1.807) is 11.0 Å². The Labute approximate surface area is 188 Å². The summed E-state index contributed by atoms with van der Waals surface area (Å²) < 4.78 is 72.3. The van der Waals surface area contributed by atoms with Crippen LogP contribution >= 0.6 is 0 Å². The summed E-state index contributed by atoms with van der Waals surface area (Å²) in [5.74, 6) is -0.760. The van der Waals surface area contributed by atoms with Gasteiger partial charge in [0.2, 0.25) is 0 Å². The first-order valence-corrected chi connectivity index (χ1v) is 11.7. The maximum Gasteiger partial charge on any atom is 0.416 e. The number of nitrogens with zero attached hydrogens (tertiary/aromatic N) is 2. The van der Waals surface area contributed by atoms with Gasteiger partial charge in [0.15, 0.2) is 10.6 Å². The summed E-state index contributed by atoms with van der Waals surface area (Å²) in [7, 11) is -4.36. The molecule has 1 saturated heterocycles. The van der Waals surface area contributed by atoms with Crippen LogP contribution in [0.4, 0.5) is 19.0 Å². The van der Waals surface area contributed by atoms with Crippen molar-refractivity contribution in [3.05, 3.63) is 47.5 Å². The number of hydrogen-bond donors (Lipinski definition) is 2. The number of amides is 1. The van der Waals surface area contributed by atoms with Crippen LogP contribution in [0.5, 0.6) is 5.75 Å². The molecule has 1 aliphatic heterocycles. The van der Waals surface area contributed by atoms with Crippen molar-refractivity contribution < 1.29 is 36.2 Å². The number of aliphatic hydroxyl groups excluding tert-OH is 1. The lowest BCUT2D eigenvalue weighted by molar-refractivity contribution is -0.137. The number of nitrogens with one attached hydrogen (secondary N) is 1. The van der Waals surface area contributed by atoms with E-state index in [9.17, 15) is 31.5 Å². The molecule has 33 heavy (non-hydrogen) atoms. The van der Waals surface area contributed by atoms with E-state index in [4.69, 9.17) is 4.74 Å². The largest absolute Gasteiger partial charge is 0.477 e. The molecule has 1 saturated carbocycles. The van der Waals surface area contributed by atoms with Crippen molar-refractivity contribution in [1.82, 2.24) is 9.71 Å². The van der Waals surface area contributed by atoms with Crippen molar-refractivity contribution in [3.63, 3.8) is 0 Å². The summed E-state index contributed by atoms with van der Waals surface area (Å²) in [6.07, 6.45) is -4.27. The van der Waals surface area contributed by atoms with Gasteiger partial charge in [-0.3, -0.25) is 4.79 Å². The second kappa shape index (κ2) is 8.17. The number of sulfonamides is 1. The Morgan fingerprint density at radius 2 is 2.00 bits per heavy atom. The number of carbonyl (C=O) groups is 1. The molecule has 2 aliphatic rings. The molecule has 1 amide bonds. The molecule has 2 fully saturated rings. The number of anilines is 1. The van der Waals surface area contributed by atoms with Crippen LogP contribution in [0, 0.1) is 6.92 Å². The molecule has 0 spiro atoms. The minimum atomic E-state index is -4.59. The number of aromatic nitrogens is 1. The average molecular weight is 485 g/mol. The van der Waals surface area contributed by atoms with Gasteiger partial charge in [-0.25, -0.2) is 9.71 Å². The predicted octanol–water partition coefficient (Wildman–Crippen LogP) is 2.40. The van der Waals surface area contributed by atoms with E-state index in [0.29, 0.717) is 30.9 Å². The molecule has 8 nitrogen and oxygen atoms in total. The van der Waals surface area contributed by atoms with Crippen molar-refractivity contribution in [2.24, 2.45) is 0 Å². The summed E-state index contributed by atoms with van der Waals surface area (Å²) in [6, 6.07) is 7.23. The zero-order valence-corrected chi connectivity index (χ0v) is 18.4. The van der Waals surface area contributed by atoms with E-state index in [0.717, 1.165) is 12.1 Å². The highest BCUT2D eigenvalue weighted by Gasteiger charge is 2.54. The van der Waals surface area contributed by atoms with E-state index in [2.05, 4.69) is 4.98 Å². The van der Waals surface area contributed by atoms with Gasteiger partial charge in [-0.15, -0.1) is 0 Å². The molecule has 178 valence electrons. The molecular weight excluding hydrogens is 463 g/mol. The highest BCUT2D eigenvalue weighted by molar-refractivity contribution is 7.90. The lowest BCUT2D eigenvalue weighted by Gasteiger charge is -2.20. The van der Waals surface area contributed by atoms with Crippen molar-refractivity contribution in [3.8, 4) is 5.75 Å². The first-order chi connectivity index (χ1) is 15.4. The Kier molecular flexibility index (Phi) is 5.77. The fourth-order valence-electron chi connectivity index (χ4n) is 3.53. The minimum absolute atomic E-state index is 0.136. The smallest absolute Gasteiger partial charge is 0.416 e. The zero-order chi connectivity index (χ0) is 24.0. The van der Waals surface area contributed by atoms with Gasteiger partial charge in [-0.1, -0.05) is 12.1 Å².